The molecule has 0 aliphatic rings. The van der Waals surface area contributed by atoms with E-state index in [1.54, 1.807) is 26.2 Å². The molecule has 0 aliphatic carbocycles. The van der Waals surface area contributed by atoms with Gasteiger partial charge in [-0.25, -0.2) is 4.21 Å². The summed E-state index contributed by atoms with van der Waals surface area (Å²) in [6, 6.07) is 5.99. The number of sulfonamides is 1. The Bertz CT molecular complexity index is 706. The number of ether oxygens (including phenoxy) is 2. The second-order valence-electron chi connectivity index (χ2n) is 4.95. The summed E-state index contributed by atoms with van der Waals surface area (Å²) < 4.78 is 50.9. The van der Waals surface area contributed by atoms with Crippen LogP contribution >= 0.6 is 0 Å². The van der Waals surface area contributed by atoms with Crippen molar-refractivity contribution in [1.29, 1.82) is 0 Å². The average molecular weight is 349 g/mol. The van der Waals surface area contributed by atoms with Gasteiger partial charge in [-0.05, 0) is 25.5 Å². The molecule has 1 rings (SSSR count). The molecule has 1 aromatic carbocycles. The minimum absolute atomic E-state index is 0.0275. The third kappa shape index (κ3) is 5.26. The van der Waals surface area contributed by atoms with E-state index in [2.05, 4.69) is 3.77 Å². The first kappa shape index (κ1) is 18.9. The molecule has 8 heteroatoms. The van der Waals surface area contributed by atoms with E-state index in [4.69, 9.17) is 9.47 Å². The van der Waals surface area contributed by atoms with Gasteiger partial charge in [-0.15, -0.1) is 3.77 Å². The first-order valence-electron chi connectivity index (χ1n) is 6.92. The molecule has 6 nitrogen and oxygen atoms in total. The molecule has 0 aliphatic heterocycles. The van der Waals surface area contributed by atoms with Crippen molar-refractivity contribution >= 4 is 19.8 Å². The zero-order valence-electron chi connectivity index (χ0n) is 13.3. The largest absolute Gasteiger partial charge is 0.491 e. The molecule has 2 unspecified atom stereocenters. The SMILES string of the molecule is CCC(C)S(C)(=O)=NS(=O)(=O)c1cccc(OCCOC)c1. The molecule has 0 saturated carbocycles. The lowest BCUT2D eigenvalue weighted by molar-refractivity contribution is 0.146. The fourth-order valence-corrected chi connectivity index (χ4v) is 5.21. The molecule has 0 bridgehead atoms. The lowest BCUT2D eigenvalue weighted by Crippen LogP contribution is -2.16. The summed E-state index contributed by atoms with van der Waals surface area (Å²) in [5.74, 6) is 0.402. The number of nitrogens with zero attached hydrogens (tertiary/aromatic N) is 1. The quantitative estimate of drug-likeness (QED) is 0.673. The van der Waals surface area contributed by atoms with Crippen LogP contribution in [0.1, 0.15) is 20.3 Å². The van der Waals surface area contributed by atoms with Gasteiger partial charge in [0.1, 0.15) is 12.4 Å². The van der Waals surface area contributed by atoms with Crippen LogP contribution in [0.2, 0.25) is 0 Å². The van der Waals surface area contributed by atoms with Crippen LogP contribution in [0, 0.1) is 0 Å². The average Bonchev–Trinajstić information content (AvgIpc) is 2.46. The van der Waals surface area contributed by atoms with Crippen molar-refractivity contribution in [3.05, 3.63) is 24.3 Å². The molecule has 22 heavy (non-hydrogen) atoms. The maximum absolute atomic E-state index is 12.4. The molecular weight excluding hydrogens is 326 g/mol. The summed E-state index contributed by atoms with van der Waals surface area (Å²) in [5, 5.41) is -0.302. The molecule has 126 valence electrons. The third-order valence-corrected chi connectivity index (χ3v) is 7.87. The highest BCUT2D eigenvalue weighted by molar-refractivity contribution is 8.03. The Kier molecular flexibility index (Phi) is 6.83. The van der Waals surface area contributed by atoms with Gasteiger partial charge in [0.25, 0.3) is 10.0 Å². The van der Waals surface area contributed by atoms with Gasteiger partial charge in [0.15, 0.2) is 0 Å². The van der Waals surface area contributed by atoms with Gasteiger partial charge in [0.05, 0.1) is 21.2 Å². The highest BCUT2D eigenvalue weighted by atomic mass is 32.3. The fraction of sp³-hybridized carbons (Fsp3) is 0.571. The van der Waals surface area contributed by atoms with E-state index in [-0.39, 0.29) is 10.1 Å². The predicted octanol–water partition coefficient (Wildman–Crippen LogP) is 2.30. The third-order valence-electron chi connectivity index (χ3n) is 3.23. The van der Waals surface area contributed by atoms with Gasteiger partial charge < -0.3 is 9.47 Å². The first-order valence-corrected chi connectivity index (χ1v) is 10.3. The van der Waals surface area contributed by atoms with Gasteiger partial charge >= 0.3 is 0 Å². The van der Waals surface area contributed by atoms with Crippen LogP contribution < -0.4 is 4.74 Å². The van der Waals surface area contributed by atoms with Gasteiger partial charge in [-0.1, -0.05) is 13.0 Å². The van der Waals surface area contributed by atoms with Crippen LogP contribution in [-0.4, -0.2) is 44.5 Å². The maximum atomic E-state index is 12.4. The van der Waals surface area contributed by atoms with E-state index < -0.39 is 19.8 Å². The minimum Gasteiger partial charge on any atom is -0.491 e. The van der Waals surface area contributed by atoms with Crippen LogP contribution in [0.3, 0.4) is 0 Å². The zero-order valence-corrected chi connectivity index (χ0v) is 14.9. The second-order valence-corrected chi connectivity index (χ2v) is 9.49. The van der Waals surface area contributed by atoms with Crippen molar-refractivity contribution in [1.82, 2.24) is 0 Å². The molecule has 0 aromatic heterocycles. The second kappa shape index (κ2) is 7.94. The molecule has 1 aromatic rings. The minimum atomic E-state index is -3.99. The molecule has 0 heterocycles. The Hall–Kier alpha value is -1.12. The normalized spacial score (nSPS) is 15.8. The molecule has 2 atom stereocenters. The number of methoxy groups -OCH3 is 1. The topological polar surface area (TPSA) is 82.0 Å². The van der Waals surface area contributed by atoms with E-state index in [1.165, 1.54) is 18.4 Å². The predicted molar refractivity (Wildman–Crippen MR) is 87.2 cm³/mol. The Morgan fingerprint density at radius 1 is 1.23 bits per heavy atom. The van der Waals surface area contributed by atoms with Crippen molar-refractivity contribution < 1.29 is 22.1 Å². The zero-order chi connectivity index (χ0) is 16.8. The van der Waals surface area contributed by atoms with Gasteiger partial charge in [-0.2, -0.15) is 8.42 Å². The highest BCUT2D eigenvalue weighted by Gasteiger charge is 2.20. The molecule has 0 N–H and O–H groups in total. The number of hydrogen-bond donors (Lipinski definition) is 0. The van der Waals surface area contributed by atoms with Crippen molar-refractivity contribution in [3.8, 4) is 5.75 Å². The summed E-state index contributed by atoms with van der Waals surface area (Å²) in [7, 11) is -5.26. The van der Waals surface area contributed by atoms with E-state index in [9.17, 15) is 12.6 Å². The Morgan fingerprint density at radius 3 is 2.50 bits per heavy atom. The summed E-state index contributed by atoms with van der Waals surface area (Å²) in [6.45, 7) is 4.29. The van der Waals surface area contributed by atoms with Crippen molar-refractivity contribution in [3.63, 3.8) is 0 Å². The monoisotopic (exact) mass is 349 g/mol. The lowest BCUT2D eigenvalue weighted by Gasteiger charge is -2.11. The van der Waals surface area contributed by atoms with Crippen molar-refractivity contribution in [2.75, 3.05) is 26.6 Å². The smallest absolute Gasteiger partial charge is 0.290 e. The molecular formula is C14H23NO5S2. The number of hydrogen-bond acceptors (Lipinski definition) is 5. The lowest BCUT2D eigenvalue weighted by atomic mass is 10.3. The molecule has 0 radical (unpaired) electrons. The van der Waals surface area contributed by atoms with Crippen LogP contribution in [0.4, 0.5) is 0 Å². The van der Waals surface area contributed by atoms with Gasteiger partial charge in [0.2, 0.25) is 0 Å². The summed E-state index contributed by atoms with van der Waals surface area (Å²) in [5.41, 5.74) is 0. The highest BCUT2D eigenvalue weighted by Crippen LogP contribution is 2.21. The van der Waals surface area contributed by atoms with Gasteiger partial charge in [0, 0.05) is 24.7 Å². The number of rotatable bonds is 8. The standard InChI is InChI=1S/C14H23NO5S2/c1-5-12(2)21(4,16)15-22(17,18)14-8-6-7-13(11-14)20-10-9-19-3/h6-8,11-12H,5,9-10H2,1-4H3. The van der Waals surface area contributed by atoms with Crippen LogP contribution in [0.25, 0.3) is 0 Å². The molecule has 0 saturated heterocycles. The van der Waals surface area contributed by atoms with Crippen LogP contribution in [0.15, 0.2) is 32.9 Å². The molecule has 0 fully saturated rings. The van der Waals surface area contributed by atoms with Crippen LogP contribution in [0.5, 0.6) is 5.75 Å². The van der Waals surface area contributed by atoms with Crippen molar-refractivity contribution in [2.45, 2.75) is 30.4 Å². The first-order chi connectivity index (χ1) is 10.2. The molecule has 0 amide bonds. The van der Waals surface area contributed by atoms with Crippen molar-refractivity contribution in [2.24, 2.45) is 3.77 Å². The summed E-state index contributed by atoms with van der Waals surface area (Å²) in [6.07, 6.45) is 1.96. The molecule has 0 spiro atoms. The summed E-state index contributed by atoms with van der Waals surface area (Å²) >= 11 is 0. The summed E-state index contributed by atoms with van der Waals surface area (Å²) in [4.78, 5) is -0.0275. The maximum Gasteiger partial charge on any atom is 0.290 e. The Balaban J connectivity index is 3.11. The van der Waals surface area contributed by atoms with E-state index in [0.717, 1.165) is 0 Å². The fourth-order valence-electron chi connectivity index (χ4n) is 1.59. The Labute approximate surface area is 133 Å². The van der Waals surface area contributed by atoms with E-state index in [1.807, 2.05) is 6.92 Å². The Morgan fingerprint density at radius 2 is 1.91 bits per heavy atom. The number of benzene rings is 1. The van der Waals surface area contributed by atoms with E-state index in [0.29, 0.717) is 25.4 Å². The van der Waals surface area contributed by atoms with E-state index >= 15 is 0 Å². The van der Waals surface area contributed by atoms with Crippen LogP contribution in [-0.2, 0) is 24.5 Å². The van der Waals surface area contributed by atoms with Gasteiger partial charge in [-0.3, -0.25) is 0 Å².